The zero-order chi connectivity index (χ0) is 16.8. The number of rotatable bonds is 5. The highest BCUT2D eigenvalue weighted by molar-refractivity contribution is 5.86. The average Bonchev–Trinajstić information content (AvgIpc) is 2.63. The normalized spacial score (nSPS) is 29.3. The Kier molecular flexibility index (Phi) is 6.53. The summed E-state index contributed by atoms with van der Waals surface area (Å²) in [6.45, 7) is 6.59. The van der Waals surface area contributed by atoms with E-state index in [2.05, 4.69) is 22.2 Å². The van der Waals surface area contributed by atoms with Crippen LogP contribution in [0, 0.1) is 5.92 Å². The molecule has 1 N–H and O–H groups in total. The van der Waals surface area contributed by atoms with E-state index in [9.17, 15) is 4.79 Å². The van der Waals surface area contributed by atoms with E-state index in [0.717, 1.165) is 58.0 Å². The molecular formula is C19H35N3O2. The molecule has 1 amide bonds. The molecule has 0 aromatic carbocycles. The molecule has 3 aliphatic rings. The molecule has 2 saturated heterocycles. The summed E-state index contributed by atoms with van der Waals surface area (Å²) in [6.07, 6.45) is 9.40. The number of piperidine rings is 1. The van der Waals surface area contributed by atoms with Crippen molar-refractivity contribution < 1.29 is 9.53 Å². The third-order valence-corrected chi connectivity index (χ3v) is 6.28. The lowest BCUT2D eigenvalue weighted by Gasteiger charge is -2.46. The van der Waals surface area contributed by atoms with Gasteiger partial charge in [0.2, 0.25) is 5.91 Å². The number of carbonyl (C=O) groups is 1. The van der Waals surface area contributed by atoms with Crippen LogP contribution < -0.4 is 5.32 Å². The van der Waals surface area contributed by atoms with Crippen LogP contribution in [0.3, 0.4) is 0 Å². The highest BCUT2D eigenvalue weighted by Gasteiger charge is 2.44. The topological polar surface area (TPSA) is 44.8 Å². The molecule has 3 rings (SSSR count). The molecule has 2 heterocycles. The molecule has 2 aliphatic heterocycles. The Morgan fingerprint density at radius 2 is 1.88 bits per heavy atom. The Labute approximate surface area is 147 Å². The standard InChI is InChI=1S/C19H35N3O2/c1-21-11-5-6-17(16-21)7-10-20-18(23)19(8-3-2-4-9-19)22-12-14-24-15-13-22/h17H,2-16H2,1H3,(H,20,23)/t17-/m1/s1. The zero-order valence-electron chi connectivity index (χ0n) is 15.4. The Balaban J connectivity index is 1.53. The molecular weight excluding hydrogens is 302 g/mol. The molecule has 0 unspecified atom stereocenters. The first-order chi connectivity index (χ1) is 11.7. The molecule has 5 nitrogen and oxygen atoms in total. The van der Waals surface area contributed by atoms with Crippen molar-refractivity contribution in [3.63, 3.8) is 0 Å². The second-order valence-corrected chi connectivity index (χ2v) is 8.01. The van der Waals surface area contributed by atoms with Crippen LogP contribution in [-0.2, 0) is 9.53 Å². The Morgan fingerprint density at radius 3 is 2.58 bits per heavy atom. The van der Waals surface area contributed by atoms with Crippen LogP contribution in [0.1, 0.15) is 51.4 Å². The molecule has 24 heavy (non-hydrogen) atoms. The Bertz CT molecular complexity index is 403. The highest BCUT2D eigenvalue weighted by Crippen LogP contribution is 2.34. The number of ether oxygens (including phenoxy) is 1. The summed E-state index contributed by atoms with van der Waals surface area (Å²) >= 11 is 0. The SMILES string of the molecule is CN1CCC[C@H](CCNC(=O)C2(N3CCOCC3)CCCCC2)C1. The summed E-state index contributed by atoms with van der Waals surface area (Å²) in [7, 11) is 2.21. The summed E-state index contributed by atoms with van der Waals surface area (Å²) in [6, 6.07) is 0. The van der Waals surface area contributed by atoms with E-state index in [-0.39, 0.29) is 11.4 Å². The van der Waals surface area contributed by atoms with Crippen LogP contribution in [0.4, 0.5) is 0 Å². The van der Waals surface area contributed by atoms with Crippen LogP contribution >= 0.6 is 0 Å². The summed E-state index contributed by atoms with van der Waals surface area (Å²) < 4.78 is 5.51. The first kappa shape index (κ1) is 18.2. The van der Waals surface area contributed by atoms with Gasteiger partial charge in [0.1, 0.15) is 5.54 Å². The van der Waals surface area contributed by atoms with Crippen molar-refractivity contribution in [3.8, 4) is 0 Å². The van der Waals surface area contributed by atoms with Gasteiger partial charge in [0.25, 0.3) is 0 Å². The molecule has 138 valence electrons. The van der Waals surface area contributed by atoms with E-state index in [0.29, 0.717) is 0 Å². The van der Waals surface area contributed by atoms with Crippen molar-refractivity contribution in [2.75, 3.05) is 53.0 Å². The van der Waals surface area contributed by atoms with Crippen molar-refractivity contribution >= 4 is 5.91 Å². The summed E-state index contributed by atoms with van der Waals surface area (Å²) in [5.41, 5.74) is -0.259. The Hall–Kier alpha value is -0.650. The van der Waals surface area contributed by atoms with Gasteiger partial charge in [-0.1, -0.05) is 19.3 Å². The van der Waals surface area contributed by atoms with E-state index in [1.165, 1.54) is 45.2 Å². The second kappa shape index (κ2) is 8.63. The van der Waals surface area contributed by atoms with Gasteiger partial charge in [-0.25, -0.2) is 0 Å². The van der Waals surface area contributed by atoms with Gasteiger partial charge in [-0.15, -0.1) is 0 Å². The molecule has 0 aromatic rings. The van der Waals surface area contributed by atoms with E-state index in [1.807, 2.05) is 0 Å². The first-order valence-electron chi connectivity index (χ1n) is 10.0. The van der Waals surface area contributed by atoms with E-state index < -0.39 is 0 Å². The van der Waals surface area contributed by atoms with Gasteiger partial charge in [-0.2, -0.15) is 0 Å². The number of hydrogen-bond donors (Lipinski definition) is 1. The van der Waals surface area contributed by atoms with Gasteiger partial charge in [0.15, 0.2) is 0 Å². The maximum absolute atomic E-state index is 13.1. The van der Waals surface area contributed by atoms with Crippen LogP contribution in [0.5, 0.6) is 0 Å². The summed E-state index contributed by atoms with van der Waals surface area (Å²) in [5, 5.41) is 3.31. The fourth-order valence-corrected chi connectivity index (χ4v) is 4.88. The summed E-state index contributed by atoms with van der Waals surface area (Å²) in [4.78, 5) is 18.0. The third kappa shape index (κ3) is 4.30. The summed E-state index contributed by atoms with van der Waals surface area (Å²) in [5.74, 6) is 1.03. The lowest BCUT2D eigenvalue weighted by Crippen LogP contribution is -2.62. The molecule has 3 fully saturated rings. The van der Waals surface area contributed by atoms with Crippen LogP contribution in [0.25, 0.3) is 0 Å². The van der Waals surface area contributed by atoms with Crippen molar-refractivity contribution in [1.82, 2.24) is 15.1 Å². The van der Waals surface area contributed by atoms with Crippen molar-refractivity contribution in [2.24, 2.45) is 5.92 Å². The van der Waals surface area contributed by atoms with Crippen molar-refractivity contribution in [1.29, 1.82) is 0 Å². The molecule has 5 heteroatoms. The van der Waals surface area contributed by atoms with Crippen LogP contribution in [0.15, 0.2) is 0 Å². The number of nitrogens with zero attached hydrogens (tertiary/aromatic N) is 2. The number of amides is 1. The molecule has 0 aromatic heterocycles. The number of likely N-dealkylation sites (tertiary alicyclic amines) is 1. The predicted molar refractivity (Wildman–Crippen MR) is 96.1 cm³/mol. The monoisotopic (exact) mass is 337 g/mol. The maximum Gasteiger partial charge on any atom is 0.240 e. The van der Waals surface area contributed by atoms with Crippen LogP contribution in [-0.4, -0.2) is 74.2 Å². The van der Waals surface area contributed by atoms with Gasteiger partial charge < -0.3 is 15.0 Å². The largest absolute Gasteiger partial charge is 0.379 e. The maximum atomic E-state index is 13.1. The minimum atomic E-state index is -0.259. The van der Waals surface area contributed by atoms with Crippen LogP contribution in [0.2, 0.25) is 0 Å². The van der Waals surface area contributed by atoms with Gasteiger partial charge in [0.05, 0.1) is 13.2 Å². The van der Waals surface area contributed by atoms with E-state index >= 15 is 0 Å². The predicted octanol–water partition coefficient (Wildman–Crippen LogP) is 1.87. The molecule has 0 spiro atoms. The molecule has 1 aliphatic carbocycles. The molecule has 1 atom stereocenters. The molecule has 0 bridgehead atoms. The number of hydrogen-bond acceptors (Lipinski definition) is 4. The number of carbonyl (C=O) groups excluding carboxylic acids is 1. The van der Waals surface area contributed by atoms with Gasteiger partial charge in [-0.3, -0.25) is 9.69 Å². The fourth-order valence-electron chi connectivity index (χ4n) is 4.88. The highest BCUT2D eigenvalue weighted by atomic mass is 16.5. The third-order valence-electron chi connectivity index (χ3n) is 6.28. The Morgan fingerprint density at radius 1 is 1.12 bits per heavy atom. The first-order valence-corrected chi connectivity index (χ1v) is 10.0. The second-order valence-electron chi connectivity index (χ2n) is 8.01. The van der Waals surface area contributed by atoms with Gasteiger partial charge in [0, 0.05) is 26.2 Å². The fraction of sp³-hybridized carbons (Fsp3) is 0.947. The average molecular weight is 338 g/mol. The van der Waals surface area contributed by atoms with Crippen molar-refractivity contribution in [2.45, 2.75) is 56.9 Å². The van der Waals surface area contributed by atoms with E-state index in [4.69, 9.17) is 4.74 Å². The lowest BCUT2D eigenvalue weighted by atomic mass is 9.79. The van der Waals surface area contributed by atoms with E-state index in [1.54, 1.807) is 0 Å². The molecule has 0 radical (unpaired) electrons. The zero-order valence-corrected chi connectivity index (χ0v) is 15.4. The number of morpholine rings is 1. The van der Waals surface area contributed by atoms with Gasteiger partial charge >= 0.3 is 0 Å². The minimum Gasteiger partial charge on any atom is -0.379 e. The quantitative estimate of drug-likeness (QED) is 0.832. The van der Waals surface area contributed by atoms with Crippen molar-refractivity contribution in [3.05, 3.63) is 0 Å². The lowest BCUT2D eigenvalue weighted by molar-refractivity contribution is -0.140. The minimum absolute atomic E-state index is 0.259. The van der Waals surface area contributed by atoms with Gasteiger partial charge in [-0.05, 0) is 51.6 Å². The number of nitrogens with one attached hydrogen (secondary N) is 1. The smallest absolute Gasteiger partial charge is 0.240 e. The molecule has 1 saturated carbocycles.